The van der Waals surface area contributed by atoms with Gasteiger partial charge < -0.3 is 20.4 Å². The monoisotopic (exact) mass is 467 g/mol. The standard InChI is InChI=1S/C25H33N5O4/c31-22(26-18-8-9-18)16-4-2-12-29(14-16)24(33)20-6-1-7-21(28-20)25(34)30-13-3-5-17(15-30)23(32)27-19-10-11-19/h1,6-7,16-19H,2-5,8-15H2,(H,26,31)(H,27,32). The van der Waals surface area contributed by atoms with E-state index < -0.39 is 0 Å². The topological polar surface area (TPSA) is 112 Å². The molecule has 0 aromatic carbocycles. The quantitative estimate of drug-likeness (QED) is 0.656. The zero-order valence-electron chi connectivity index (χ0n) is 19.5. The minimum atomic E-state index is -0.251. The van der Waals surface area contributed by atoms with Crippen molar-refractivity contribution in [2.24, 2.45) is 11.8 Å². The van der Waals surface area contributed by atoms with Gasteiger partial charge in [0, 0.05) is 38.3 Å². The summed E-state index contributed by atoms with van der Waals surface area (Å²) in [6.07, 6.45) is 7.24. The minimum Gasteiger partial charge on any atom is -0.353 e. The first kappa shape index (κ1) is 22.8. The van der Waals surface area contributed by atoms with Gasteiger partial charge in [-0.05, 0) is 63.5 Å². The molecule has 2 unspecified atom stereocenters. The molecule has 9 nitrogen and oxygen atoms in total. The largest absolute Gasteiger partial charge is 0.353 e. The van der Waals surface area contributed by atoms with E-state index in [2.05, 4.69) is 15.6 Å². The lowest BCUT2D eigenvalue weighted by Gasteiger charge is -2.32. The molecule has 0 spiro atoms. The molecule has 2 saturated carbocycles. The molecule has 5 rings (SSSR count). The number of likely N-dealkylation sites (tertiary alicyclic amines) is 2. The highest BCUT2D eigenvalue weighted by Crippen LogP contribution is 2.24. The number of amides is 4. The molecule has 4 fully saturated rings. The van der Waals surface area contributed by atoms with Crippen molar-refractivity contribution in [1.29, 1.82) is 0 Å². The van der Waals surface area contributed by atoms with Gasteiger partial charge in [-0.3, -0.25) is 19.2 Å². The summed E-state index contributed by atoms with van der Waals surface area (Å²) in [6, 6.07) is 5.52. The number of rotatable bonds is 6. The lowest BCUT2D eigenvalue weighted by molar-refractivity contribution is -0.127. The van der Waals surface area contributed by atoms with E-state index in [0.29, 0.717) is 38.3 Å². The van der Waals surface area contributed by atoms with Crippen molar-refractivity contribution in [3.8, 4) is 0 Å². The molecule has 9 heteroatoms. The lowest BCUT2D eigenvalue weighted by atomic mass is 9.96. The van der Waals surface area contributed by atoms with Crippen LogP contribution in [-0.4, -0.2) is 76.7 Å². The van der Waals surface area contributed by atoms with Gasteiger partial charge in [0.1, 0.15) is 11.4 Å². The molecule has 0 radical (unpaired) electrons. The summed E-state index contributed by atoms with van der Waals surface area (Å²) in [5.74, 6) is -0.840. The Morgan fingerprint density at radius 2 is 1.15 bits per heavy atom. The summed E-state index contributed by atoms with van der Waals surface area (Å²) >= 11 is 0. The van der Waals surface area contributed by atoms with Gasteiger partial charge in [-0.2, -0.15) is 0 Å². The number of carbonyl (C=O) groups excluding carboxylic acids is 4. The first-order valence-corrected chi connectivity index (χ1v) is 12.6. The lowest BCUT2D eigenvalue weighted by Crippen LogP contribution is -2.46. The van der Waals surface area contributed by atoms with E-state index in [9.17, 15) is 19.2 Å². The van der Waals surface area contributed by atoms with Crippen LogP contribution < -0.4 is 10.6 Å². The maximum atomic E-state index is 13.2. The second-order valence-electron chi connectivity index (χ2n) is 10.2. The normalized spacial score (nSPS) is 24.9. The highest BCUT2D eigenvalue weighted by molar-refractivity contribution is 5.97. The van der Waals surface area contributed by atoms with Gasteiger partial charge in [0.15, 0.2) is 0 Å². The Kier molecular flexibility index (Phi) is 6.52. The Balaban J connectivity index is 1.21. The molecule has 3 heterocycles. The Hall–Kier alpha value is -2.97. The molecule has 2 aliphatic heterocycles. The molecule has 2 N–H and O–H groups in total. The molecule has 2 atom stereocenters. The minimum absolute atomic E-state index is 0.0299. The molecule has 182 valence electrons. The highest BCUT2D eigenvalue weighted by Gasteiger charge is 2.34. The number of hydrogen-bond donors (Lipinski definition) is 2. The first-order chi connectivity index (χ1) is 16.5. The molecular weight excluding hydrogens is 434 g/mol. The molecule has 0 bridgehead atoms. The van der Waals surface area contributed by atoms with E-state index in [-0.39, 0.29) is 46.9 Å². The van der Waals surface area contributed by atoms with Crippen molar-refractivity contribution in [2.75, 3.05) is 26.2 Å². The summed E-state index contributed by atoms with van der Waals surface area (Å²) in [4.78, 5) is 59.0. The van der Waals surface area contributed by atoms with Crippen LogP contribution in [0.4, 0.5) is 0 Å². The van der Waals surface area contributed by atoms with Crippen molar-refractivity contribution in [3.05, 3.63) is 29.6 Å². The fourth-order valence-corrected chi connectivity index (χ4v) is 4.84. The third kappa shape index (κ3) is 5.39. The zero-order chi connectivity index (χ0) is 23.7. The molecule has 1 aromatic heterocycles. The number of hydrogen-bond acceptors (Lipinski definition) is 5. The summed E-state index contributed by atoms with van der Waals surface area (Å²) in [5, 5.41) is 6.07. The maximum absolute atomic E-state index is 13.2. The highest BCUT2D eigenvalue weighted by atomic mass is 16.2. The van der Waals surface area contributed by atoms with Crippen molar-refractivity contribution >= 4 is 23.6 Å². The van der Waals surface area contributed by atoms with Crippen LogP contribution >= 0.6 is 0 Å². The van der Waals surface area contributed by atoms with E-state index in [1.807, 2.05) is 0 Å². The number of aromatic nitrogens is 1. The predicted molar refractivity (Wildman–Crippen MR) is 124 cm³/mol. The maximum Gasteiger partial charge on any atom is 0.272 e. The summed E-state index contributed by atoms with van der Waals surface area (Å²) in [7, 11) is 0. The number of pyridine rings is 1. The molecular formula is C25H33N5O4. The summed E-state index contributed by atoms with van der Waals surface area (Å²) in [6.45, 7) is 1.91. The Bertz CT molecular complexity index is 901. The third-order valence-corrected chi connectivity index (χ3v) is 7.19. The number of carbonyl (C=O) groups is 4. The van der Waals surface area contributed by atoms with Gasteiger partial charge in [-0.15, -0.1) is 0 Å². The van der Waals surface area contributed by atoms with Gasteiger partial charge >= 0.3 is 0 Å². The molecule has 2 aliphatic carbocycles. The van der Waals surface area contributed by atoms with Crippen LogP contribution in [0, 0.1) is 11.8 Å². The Labute approximate surface area is 199 Å². The number of piperidine rings is 2. The van der Waals surface area contributed by atoms with Crippen molar-refractivity contribution in [2.45, 2.75) is 63.5 Å². The van der Waals surface area contributed by atoms with Crippen molar-refractivity contribution < 1.29 is 19.2 Å². The second kappa shape index (κ2) is 9.72. The number of nitrogens with one attached hydrogen (secondary N) is 2. The molecule has 4 amide bonds. The predicted octanol–water partition coefficient (Wildman–Crippen LogP) is 1.34. The molecule has 4 aliphatic rings. The molecule has 1 aromatic rings. The SMILES string of the molecule is O=C(NC1CC1)C1CCCN(C(=O)c2cccc(C(=O)N3CCCC(C(=O)NC4CC4)C3)n2)C1. The fourth-order valence-electron chi connectivity index (χ4n) is 4.84. The van der Waals surface area contributed by atoms with E-state index in [0.717, 1.165) is 51.4 Å². The van der Waals surface area contributed by atoms with E-state index in [4.69, 9.17) is 0 Å². The van der Waals surface area contributed by atoms with Crippen LogP contribution in [0.5, 0.6) is 0 Å². The zero-order valence-corrected chi connectivity index (χ0v) is 19.5. The Morgan fingerprint density at radius 1 is 0.706 bits per heavy atom. The third-order valence-electron chi connectivity index (χ3n) is 7.19. The second-order valence-corrected chi connectivity index (χ2v) is 10.2. The van der Waals surface area contributed by atoms with Crippen LogP contribution in [0.2, 0.25) is 0 Å². The number of nitrogens with zero attached hydrogens (tertiary/aromatic N) is 3. The average molecular weight is 468 g/mol. The van der Waals surface area contributed by atoms with Gasteiger partial charge in [-0.25, -0.2) is 4.98 Å². The average Bonchev–Trinajstić information content (AvgIpc) is 3.81. The summed E-state index contributed by atoms with van der Waals surface area (Å²) < 4.78 is 0. The van der Waals surface area contributed by atoms with Gasteiger partial charge in [0.25, 0.3) is 11.8 Å². The van der Waals surface area contributed by atoms with E-state index >= 15 is 0 Å². The van der Waals surface area contributed by atoms with Crippen molar-refractivity contribution in [1.82, 2.24) is 25.4 Å². The molecule has 34 heavy (non-hydrogen) atoms. The van der Waals surface area contributed by atoms with Gasteiger partial charge in [0.05, 0.1) is 11.8 Å². The van der Waals surface area contributed by atoms with E-state index in [1.54, 1.807) is 28.0 Å². The van der Waals surface area contributed by atoms with Crippen LogP contribution in [0.25, 0.3) is 0 Å². The van der Waals surface area contributed by atoms with Gasteiger partial charge in [0.2, 0.25) is 11.8 Å². The van der Waals surface area contributed by atoms with Crippen LogP contribution in [-0.2, 0) is 9.59 Å². The van der Waals surface area contributed by atoms with Crippen LogP contribution in [0.1, 0.15) is 72.3 Å². The van der Waals surface area contributed by atoms with Crippen molar-refractivity contribution in [3.63, 3.8) is 0 Å². The van der Waals surface area contributed by atoms with Crippen LogP contribution in [0.3, 0.4) is 0 Å². The first-order valence-electron chi connectivity index (χ1n) is 12.6. The van der Waals surface area contributed by atoms with Gasteiger partial charge in [-0.1, -0.05) is 6.07 Å². The summed E-state index contributed by atoms with van der Waals surface area (Å²) in [5.41, 5.74) is 0.434. The Morgan fingerprint density at radius 3 is 1.56 bits per heavy atom. The molecule has 2 saturated heterocycles. The smallest absolute Gasteiger partial charge is 0.272 e. The van der Waals surface area contributed by atoms with E-state index in [1.165, 1.54) is 0 Å². The van der Waals surface area contributed by atoms with Crippen LogP contribution in [0.15, 0.2) is 18.2 Å². The fraction of sp³-hybridized carbons (Fsp3) is 0.640.